The van der Waals surface area contributed by atoms with E-state index in [1.165, 1.54) is 0 Å². The van der Waals surface area contributed by atoms with E-state index in [1.54, 1.807) is 23.3 Å². The van der Waals surface area contributed by atoms with Gasteiger partial charge in [-0.05, 0) is 24.6 Å². The molecule has 0 aromatic carbocycles. The van der Waals surface area contributed by atoms with E-state index in [0.29, 0.717) is 6.42 Å². The minimum atomic E-state index is -0.522. The predicted octanol–water partition coefficient (Wildman–Crippen LogP) is 1.57. The molecule has 0 aliphatic heterocycles. The fourth-order valence-corrected chi connectivity index (χ4v) is 1.74. The first kappa shape index (κ1) is 10.8. The van der Waals surface area contributed by atoms with Crippen molar-refractivity contribution in [1.82, 2.24) is 14.8 Å². The van der Waals surface area contributed by atoms with E-state index in [9.17, 15) is 5.11 Å². The lowest BCUT2D eigenvalue weighted by Crippen LogP contribution is -2.10. The molecule has 0 bridgehead atoms. The highest BCUT2D eigenvalue weighted by Crippen LogP contribution is 2.17. The van der Waals surface area contributed by atoms with E-state index in [4.69, 9.17) is 0 Å². The van der Waals surface area contributed by atoms with Gasteiger partial charge >= 0.3 is 0 Å². The Morgan fingerprint density at radius 2 is 2.25 bits per heavy atom. The molecule has 0 amide bonds. The van der Waals surface area contributed by atoms with Crippen LogP contribution in [0.5, 0.6) is 0 Å². The summed E-state index contributed by atoms with van der Waals surface area (Å²) in [5.74, 6) is 0. The number of aryl methyl sites for hydroxylation is 1. The molecule has 1 atom stereocenters. The predicted molar refractivity (Wildman–Crippen MR) is 60.8 cm³/mol. The summed E-state index contributed by atoms with van der Waals surface area (Å²) in [6.45, 7) is 2.78. The number of hydrogen-bond acceptors (Lipinski definition) is 3. The Balaban J connectivity index is 2.11. The first-order chi connectivity index (χ1) is 7.81. The Morgan fingerprint density at radius 3 is 2.94 bits per heavy atom. The van der Waals surface area contributed by atoms with Crippen LogP contribution in [-0.2, 0) is 13.0 Å². The van der Waals surface area contributed by atoms with Crippen LogP contribution in [0.25, 0.3) is 0 Å². The molecule has 0 aliphatic rings. The van der Waals surface area contributed by atoms with Crippen LogP contribution in [0.2, 0.25) is 0 Å². The lowest BCUT2D eigenvalue weighted by Gasteiger charge is -2.12. The zero-order chi connectivity index (χ0) is 11.4. The van der Waals surface area contributed by atoms with Crippen molar-refractivity contribution in [2.75, 3.05) is 0 Å². The van der Waals surface area contributed by atoms with Crippen LogP contribution in [0.4, 0.5) is 0 Å². The molecule has 0 radical (unpaired) electrons. The van der Waals surface area contributed by atoms with E-state index >= 15 is 0 Å². The van der Waals surface area contributed by atoms with E-state index < -0.39 is 6.10 Å². The monoisotopic (exact) mass is 217 g/mol. The van der Waals surface area contributed by atoms with Gasteiger partial charge in [0.05, 0.1) is 11.8 Å². The van der Waals surface area contributed by atoms with Crippen LogP contribution in [0.1, 0.15) is 24.3 Å². The summed E-state index contributed by atoms with van der Waals surface area (Å²) in [6.07, 6.45) is 5.26. The summed E-state index contributed by atoms with van der Waals surface area (Å²) in [5.41, 5.74) is 1.88. The average Bonchev–Trinajstić information content (AvgIpc) is 2.78. The minimum Gasteiger partial charge on any atom is -0.386 e. The van der Waals surface area contributed by atoms with Crippen LogP contribution in [-0.4, -0.2) is 19.9 Å². The average molecular weight is 217 g/mol. The fraction of sp³-hybridized carbons (Fsp3) is 0.333. The maximum absolute atomic E-state index is 10.1. The molecular weight excluding hydrogens is 202 g/mol. The van der Waals surface area contributed by atoms with E-state index in [0.717, 1.165) is 17.8 Å². The number of nitrogens with zero attached hydrogens (tertiary/aromatic N) is 3. The van der Waals surface area contributed by atoms with Crippen molar-refractivity contribution in [2.24, 2.45) is 0 Å². The van der Waals surface area contributed by atoms with E-state index in [1.807, 2.05) is 25.1 Å². The minimum absolute atomic E-state index is 0.522. The van der Waals surface area contributed by atoms with Crippen molar-refractivity contribution in [1.29, 1.82) is 0 Å². The number of pyridine rings is 1. The van der Waals surface area contributed by atoms with Gasteiger partial charge in [0, 0.05) is 31.6 Å². The quantitative estimate of drug-likeness (QED) is 0.845. The van der Waals surface area contributed by atoms with Gasteiger partial charge in [-0.2, -0.15) is 5.10 Å². The van der Waals surface area contributed by atoms with Crippen LogP contribution < -0.4 is 0 Å². The van der Waals surface area contributed by atoms with Crippen molar-refractivity contribution in [3.05, 3.63) is 48.0 Å². The van der Waals surface area contributed by atoms with E-state index in [2.05, 4.69) is 10.1 Å². The largest absolute Gasteiger partial charge is 0.386 e. The molecular formula is C12H15N3O. The second-order valence-corrected chi connectivity index (χ2v) is 3.65. The maximum atomic E-state index is 10.1. The van der Waals surface area contributed by atoms with Gasteiger partial charge in [0.1, 0.15) is 0 Å². The molecule has 1 unspecified atom stereocenters. The zero-order valence-electron chi connectivity index (χ0n) is 9.24. The highest BCUT2D eigenvalue weighted by atomic mass is 16.3. The lowest BCUT2D eigenvalue weighted by atomic mass is 10.1. The van der Waals surface area contributed by atoms with Gasteiger partial charge in [-0.15, -0.1) is 0 Å². The molecule has 2 aromatic rings. The van der Waals surface area contributed by atoms with Gasteiger partial charge in [0.15, 0.2) is 0 Å². The molecule has 0 aliphatic carbocycles. The molecule has 0 saturated carbocycles. The Morgan fingerprint density at radius 1 is 1.38 bits per heavy atom. The van der Waals surface area contributed by atoms with Crippen molar-refractivity contribution in [2.45, 2.75) is 26.0 Å². The summed E-state index contributed by atoms with van der Waals surface area (Å²) in [6, 6.07) is 5.69. The molecule has 0 saturated heterocycles. The van der Waals surface area contributed by atoms with Crippen LogP contribution in [0.15, 0.2) is 36.8 Å². The summed E-state index contributed by atoms with van der Waals surface area (Å²) in [5, 5.41) is 14.2. The van der Waals surface area contributed by atoms with Gasteiger partial charge in [0.25, 0.3) is 0 Å². The van der Waals surface area contributed by atoms with Crippen molar-refractivity contribution < 1.29 is 5.11 Å². The molecule has 0 spiro atoms. The standard InChI is InChI=1S/C12H15N3O/c1-2-15-11(5-7-14-15)12(16)8-10-4-3-6-13-9-10/h3-7,9,12,16H,2,8H2,1H3. The second-order valence-electron chi connectivity index (χ2n) is 3.65. The maximum Gasteiger partial charge on any atom is 0.0997 e. The van der Waals surface area contributed by atoms with Gasteiger partial charge in [0.2, 0.25) is 0 Å². The third-order valence-corrected chi connectivity index (χ3v) is 2.54. The van der Waals surface area contributed by atoms with Crippen molar-refractivity contribution >= 4 is 0 Å². The lowest BCUT2D eigenvalue weighted by molar-refractivity contribution is 0.167. The summed E-state index contributed by atoms with van der Waals surface area (Å²) >= 11 is 0. The topological polar surface area (TPSA) is 50.9 Å². The van der Waals surface area contributed by atoms with E-state index in [-0.39, 0.29) is 0 Å². The number of aliphatic hydroxyl groups is 1. The molecule has 2 aromatic heterocycles. The molecule has 84 valence electrons. The highest BCUT2D eigenvalue weighted by molar-refractivity contribution is 5.14. The first-order valence-corrected chi connectivity index (χ1v) is 5.40. The summed E-state index contributed by atoms with van der Waals surface area (Å²) in [4.78, 5) is 4.03. The Hall–Kier alpha value is -1.68. The zero-order valence-corrected chi connectivity index (χ0v) is 9.24. The van der Waals surface area contributed by atoms with Crippen molar-refractivity contribution in [3.8, 4) is 0 Å². The SMILES string of the molecule is CCn1nccc1C(O)Cc1cccnc1. The molecule has 1 N–H and O–H groups in total. The van der Waals surface area contributed by atoms with Gasteiger partial charge in [-0.1, -0.05) is 6.07 Å². The smallest absolute Gasteiger partial charge is 0.0997 e. The van der Waals surface area contributed by atoms with Gasteiger partial charge in [-0.3, -0.25) is 9.67 Å². The fourth-order valence-electron chi connectivity index (χ4n) is 1.74. The molecule has 2 heterocycles. The summed E-state index contributed by atoms with van der Waals surface area (Å²) < 4.78 is 1.81. The Labute approximate surface area is 94.6 Å². The molecule has 4 heteroatoms. The van der Waals surface area contributed by atoms with Crippen LogP contribution >= 0.6 is 0 Å². The number of rotatable bonds is 4. The number of aliphatic hydroxyl groups excluding tert-OH is 1. The van der Waals surface area contributed by atoms with Gasteiger partial charge < -0.3 is 5.11 Å². The highest BCUT2D eigenvalue weighted by Gasteiger charge is 2.12. The molecule has 2 rings (SSSR count). The molecule has 0 fully saturated rings. The van der Waals surface area contributed by atoms with Gasteiger partial charge in [-0.25, -0.2) is 0 Å². The normalized spacial score (nSPS) is 12.6. The molecule has 16 heavy (non-hydrogen) atoms. The first-order valence-electron chi connectivity index (χ1n) is 5.40. The van der Waals surface area contributed by atoms with Crippen molar-refractivity contribution in [3.63, 3.8) is 0 Å². The second kappa shape index (κ2) is 4.90. The summed E-state index contributed by atoms with van der Waals surface area (Å²) in [7, 11) is 0. The molecule has 4 nitrogen and oxygen atoms in total. The Kier molecular flexibility index (Phi) is 3.31. The third kappa shape index (κ3) is 2.28. The number of aromatic nitrogens is 3. The Bertz CT molecular complexity index is 439. The number of hydrogen-bond donors (Lipinski definition) is 1. The van der Waals surface area contributed by atoms with Crippen LogP contribution in [0, 0.1) is 0 Å². The third-order valence-electron chi connectivity index (χ3n) is 2.54. The van der Waals surface area contributed by atoms with Crippen LogP contribution in [0.3, 0.4) is 0 Å².